The van der Waals surface area contributed by atoms with Crippen molar-refractivity contribution in [2.45, 2.75) is 0 Å². The molecule has 0 fully saturated rings. The van der Waals surface area contributed by atoms with Crippen LogP contribution in [-0.2, 0) is 0 Å². The van der Waals surface area contributed by atoms with Crippen LogP contribution >= 0.6 is 0 Å². The summed E-state index contributed by atoms with van der Waals surface area (Å²) < 4.78 is 0. The van der Waals surface area contributed by atoms with Crippen LogP contribution in [0.15, 0.2) is 12.1 Å². The van der Waals surface area contributed by atoms with Gasteiger partial charge in [-0.2, -0.15) is 0 Å². The van der Waals surface area contributed by atoms with Gasteiger partial charge in [-0.05, 0) is 6.07 Å². The third-order valence-electron chi connectivity index (χ3n) is 1.65. The van der Waals surface area contributed by atoms with Crippen molar-refractivity contribution in [3.05, 3.63) is 17.7 Å². The van der Waals surface area contributed by atoms with Crippen molar-refractivity contribution in [2.75, 3.05) is 0 Å². The van der Waals surface area contributed by atoms with E-state index in [1.807, 2.05) is 0 Å². The van der Waals surface area contributed by atoms with E-state index in [0.29, 0.717) is 5.52 Å². The van der Waals surface area contributed by atoms with E-state index in [1.54, 1.807) is 0 Å². The first-order valence-electron chi connectivity index (χ1n) is 3.45. The molecule has 1 aromatic heterocycles. The van der Waals surface area contributed by atoms with Crippen LogP contribution in [0, 0.1) is 0 Å². The topological polar surface area (TPSA) is 99.1 Å². The number of benzene rings is 1. The third kappa shape index (κ3) is 1.08. The highest BCUT2D eigenvalue weighted by molar-refractivity contribution is 6.01. The highest BCUT2D eigenvalue weighted by atomic mass is 16.4. The number of rotatable bonds is 1. The van der Waals surface area contributed by atoms with E-state index in [-0.39, 0.29) is 16.8 Å². The maximum atomic E-state index is 10.7. The van der Waals surface area contributed by atoms with Gasteiger partial charge in [0.2, 0.25) is 0 Å². The Bertz CT molecular complexity index is 477. The first-order chi connectivity index (χ1) is 6.18. The predicted octanol–water partition coefficient (Wildman–Crippen LogP) is 0.362. The van der Waals surface area contributed by atoms with Crippen LogP contribution in [0.25, 0.3) is 11.0 Å². The molecule has 0 saturated carbocycles. The number of H-pyrrole nitrogens is 1. The summed E-state index contributed by atoms with van der Waals surface area (Å²) in [6.07, 6.45) is 0. The maximum Gasteiger partial charge on any atom is 0.338 e. The number of aromatic hydroxyl groups is 1. The summed E-state index contributed by atoms with van der Waals surface area (Å²) in [5, 5.41) is 27.4. The van der Waals surface area contributed by atoms with Crippen molar-refractivity contribution < 1.29 is 15.0 Å². The van der Waals surface area contributed by atoms with Gasteiger partial charge < -0.3 is 10.2 Å². The monoisotopic (exact) mass is 179 g/mol. The Morgan fingerprint density at radius 3 is 2.92 bits per heavy atom. The number of carbonyl (C=O) groups is 1. The largest absolute Gasteiger partial charge is 0.508 e. The van der Waals surface area contributed by atoms with E-state index in [9.17, 15) is 4.79 Å². The van der Waals surface area contributed by atoms with Crippen LogP contribution in [0.5, 0.6) is 5.75 Å². The first-order valence-corrected chi connectivity index (χ1v) is 3.45. The van der Waals surface area contributed by atoms with Crippen LogP contribution in [0.4, 0.5) is 0 Å². The van der Waals surface area contributed by atoms with Crippen molar-refractivity contribution in [3.63, 3.8) is 0 Å². The summed E-state index contributed by atoms with van der Waals surface area (Å²) in [6.45, 7) is 0. The van der Waals surface area contributed by atoms with Gasteiger partial charge in [0.15, 0.2) is 0 Å². The number of hydrogen-bond donors (Lipinski definition) is 3. The number of nitrogens with one attached hydrogen (secondary N) is 1. The first kappa shape index (κ1) is 7.53. The summed E-state index contributed by atoms with van der Waals surface area (Å²) in [5.41, 5.74) is 0.575. The smallest absolute Gasteiger partial charge is 0.338 e. The second-order valence-corrected chi connectivity index (χ2v) is 2.51. The molecule has 0 bridgehead atoms. The van der Waals surface area contributed by atoms with Crippen molar-refractivity contribution >= 4 is 17.0 Å². The number of hydrogen-bond acceptors (Lipinski definition) is 4. The molecule has 0 spiro atoms. The minimum atomic E-state index is -1.14. The summed E-state index contributed by atoms with van der Waals surface area (Å²) in [6, 6.07) is 2.50. The summed E-state index contributed by atoms with van der Waals surface area (Å²) in [7, 11) is 0. The minimum absolute atomic E-state index is 0.0660. The van der Waals surface area contributed by atoms with Gasteiger partial charge in [-0.25, -0.2) is 4.79 Å². The third-order valence-corrected chi connectivity index (χ3v) is 1.65. The van der Waals surface area contributed by atoms with Gasteiger partial charge in [-0.3, -0.25) is 5.10 Å². The van der Waals surface area contributed by atoms with E-state index in [1.165, 1.54) is 6.07 Å². The van der Waals surface area contributed by atoms with Gasteiger partial charge in [0, 0.05) is 6.07 Å². The van der Waals surface area contributed by atoms with Gasteiger partial charge in [0.05, 0.1) is 11.1 Å². The van der Waals surface area contributed by atoms with E-state index in [4.69, 9.17) is 10.2 Å². The Labute approximate surface area is 71.8 Å². The summed E-state index contributed by atoms with van der Waals surface area (Å²) in [4.78, 5) is 10.7. The molecule has 3 N–H and O–H groups in total. The minimum Gasteiger partial charge on any atom is -0.508 e. The Kier molecular flexibility index (Phi) is 1.42. The Morgan fingerprint density at radius 2 is 2.23 bits per heavy atom. The van der Waals surface area contributed by atoms with Crippen LogP contribution < -0.4 is 0 Å². The lowest BCUT2D eigenvalue weighted by Crippen LogP contribution is -1.97. The van der Waals surface area contributed by atoms with E-state index >= 15 is 0 Å². The molecule has 0 saturated heterocycles. The molecule has 6 nitrogen and oxygen atoms in total. The lowest BCUT2D eigenvalue weighted by Gasteiger charge is -1.96. The highest BCUT2D eigenvalue weighted by Crippen LogP contribution is 2.20. The lowest BCUT2D eigenvalue weighted by molar-refractivity contribution is 0.0698. The number of aromatic nitrogens is 3. The van der Waals surface area contributed by atoms with Crippen LogP contribution in [0.1, 0.15) is 10.4 Å². The molecule has 2 rings (SSSR count). The predicted molar refractivity (Wildman–Crippen MR) is 42.5 cm³/mol. The van der Waals surface area contributed by atoms with Gasteiger partial charge in [0.25, 0.3) is 0 Å². The second-order valence-electron chi connectivity index (χ2n) is 2.51. The van der Waals surface area contributed by atoms with Crippen molar-refractivity contribution in [1.82, 2.24) is 15.4 Å². The molecule has 0 atom stereocenters. The molecule has 0 aliphatic rings. The van der Waals surface area contributed by atoms with Gasteiger partial charge in [-0.1, -0.05) is 5.21 Å². The number of carboxylic acid groups (broad SMARTS) is 1. The molecule has 0 radical (unpaired) electrons. The molecule has 0 aliphatic heterocycles. The van der Waals surface area contributed by atoms with Crippen LogP contribution in [0.3, 0.4) is 0 Å². The zero-order valence-electron chi connectivity index (χ0n) is 6.35. The molecule has 0 amide bonds. The average molecular weight is 179 g/mol. The number of phenolic OH excluding ortho intramolecular Hbond substituents is 1. The maximum absolute atomic E-state index is 10.7. The Morgan fingerprint density at radius 1 is 1.46 bits per heavy atom. The molecule has 66 valence electrons. The number of aromatic amines is 1. The van der Waals surface area contributed by atoms with Gasteiger partial charge in [-0.15, -0.1) is 5.10 Å². The molecule has 0 unspecified atom stereocenters. The normalized spacial score (nSPS) is 10.5. The fourth-order valence-corrected chi connectivity index (χ4v) is 1.10. The van der Waals surface area contributed by atoms with Crippen molar-refractivity contribution in [1.29, 1.82) is 0 Å². The summed E-state index contributed by atoms with van der Waals surface area (Å²) >= 11 is 0. The fraction of sp³-hybridized carbons (Fsp3) is 0. The van der Waals surface area contributed by atoms with Gasteiger partial charge >= 0.3 is 5.97 Å². The molecule has 1 aromatic carbocycles. The average Bonchev–Trinajstić information content (AvgIpc) is 2.49. The number of phenols is 1. The fourth-order valence-electron chi connectivity index (χ4n) is 1.10. The molecular weight excluding hydrogens is 174 g/mol. The Hall–Kier alpha value is -2.11. The second kappa shape index (κ2) is 2.44. The van der Waals surface area contributed by atoms with Crippen LogP contribution in [-0.4, -0.2) is 31.6 Å². The molecule has 13 heavy (non-hydrogen) atoms. The lowest BCUT2D eigenvalue weighted by atomic mass is 10.2. The molecule has 2 aromatic rings. The van der Waals surface area contributed by atoms with Crippen molar-refractivity contribution in [3.8, 4) is 5.75 Å². The quantitative estimate of drug-likeness (QED) is 0.587. The van der Waals surface area contributed by atoms with E-state index in [0.717, 1.165) is 6.07 Å². The summed E-state index contributed by atoms with van der Waals surface area (Å²) in [5.74, 6) is -1.27. The van der Waals surface area contributed by atoms with Crippen LogP contribution in [0.2, 0.25) is 0 Å². The molecular formula is C7H5N3O3. The van der Waals surface area contributed by atoms with Crippen molar-refractivity contribution in [2.24, 2.45) is 0 Å². The van der Waals surface area contributed by atoms with E-state index < -0.39 is 5.97 Å². The highest BCUT2D eigenvalue weighted by Gasteiger charge is 2.12. The van der Waals surface area contributed by atoms with Gasteiger partial charge in [0.1, 0.15) is 11.3 Å². The van der Waals surface area contributed by atoms with E-state index in [2.05, 4.69) is 15.4 Å². The Balaban J connectivity index is 2.84. The number of carboxylic acids is 1. The molecule has 0 aliphatic carbocycles. The molecule has 1 heterocycles. The number of fused-ring (bicyclic) bond motifs is 1. The zero-order chi connectivity index (χ0) is 9.42. The number of nitrogens with zero attached hydrogens (tertiary/aromatic N) is 2. The number of aromatic carboxylic acids is 1. The zero-order valence-corrected chi connectivity index (χ0v) is 6.35. The standard InChI is InChI=1S/C7H5N3O3/c11-3-1-4(7(12)13)6-5(2-3)8-10-9-6/h1-2,11H,(H,12,13)(H,8,9,10). The molecule has 6 heteroatoms. The SMILES string of the molecule is O=C(O)c1cc(O)cc2[nH]nnc12.